The molecule has 1 heterocycles. The Labute approximate surface area is 184 Å². The maximum absolute atomic E-state index is 13.4. The van der Waals surface area contributed by atoms with E-state index in [1.54, 1.807) is 30.3 Å². The van der Waals surface area contributed by atoms with Gasteiger partial charge in [-0.1, -0.05) is 41.9 Å². The van der Waals surface area contributed by atoms with E-state index in [1.807, 2.05) is 4.90 Å². The fourth-order valence-electron chi connectivity index (χ4n) is 3.15. The zero-order valence-corrected chi connectivity index (χ0v) is 18.1. The van der Waals surface area contributed by atoms with Crippen LogP contribution in [-0.4, -0.2) is 46.2 Å². The molecule has 30 heavy (non-hydrogen) atoms. The summed E-state index contributed by atoms with van der Waals surface area (Å²) in [6, 6.07) is 10.7. The highest BCUT2D eigenvalue weighted by molar-refractivity contribution is 7.89. The van der Waals surface area contributed by atoms with Gasteiger partial charge in [0, 0.05) is 24.7 Å². The van der Waals surface area contributed by atoms with Gasteiger partial charge in [-0.2, -0.15) is 13.2 Å². The van der Waals surface area contributed by atoms with E-state index < -0.39 is 32.7 Å². The van der Waals surface area contributed by atoms with E-state index in [2.05, 4.69) is 4.72 Å². The summed E-state index contributed by atoms with van der Waals surface area (Å²) < 4.78 is 73.9. The first kappa shape index (κ1) is 24.9. The molecule has 1 saturated heterocycles. The number of hydrogen-bond acceptors (Lipinski definition) is 4. The van der Waals surface area contributed by atoms with Crippen molar-refractivity contribution < 1.29 is 26.3 Å². The Bertz CT molecular complexity index is 938. The highest BCUT2D eigenvalue weighted by Crippen LogP contribution is 2.36. The number of rotatable bonds is 6. The molecule has 0 aliphatic carbocycles. The van der Waals surface area contributed by atoms with Crippen LogP contribution in [0.15, 0.2) is 53.4 Å². The monoisotopic (exact) mass is 484 g/mol. The minimum absolute atomic E-state index is 0. The molecule has 0 aromatic heterocycles. The van der Waals surface area contributed by atoms with Crippen LogP contribution < -0.4 is 4.72 Å². The summed E-state index contributed by atoms with van der Waals surface area (Å²) in [5.41, 5.74) is -0.638. The molecule has 0 spiro atoms. The van der Waals surface area contributed by atoms with E-state index in [-0.39, 0.29) is 17.4 Å². The quantitative estimate of drug-likeness (QED) is 0.669. The first-order valence-electron chi connectivity index (χ1n) is 8.91. The van der Waals surface area contributed by atoms with Crippen molar-refractivity contribution in [1.82, 2.24) is 9.62 Å². The molecule has 2 aromatic rings. The van der Waals surface area contributed by atoms with Crippen molar-refractivity contribution in [2.24, 2.45) is 0 Å². The number of nitrogens with zero attached hydrogens (tertiary/aromatic N) is 1. The molecule has 0 bridgehead atoms. The van der Waals surface area contributed by atoms with Crippen molar-refractivity contribution in [2.75, 3.05) is 32.8 Å². The molecule has 5 nitrogen and oxygen atoms in total. The fourth-order valence-corrected chi connectivity index (χ4v) is 4.74. The molecule has 166 valence electrons. The summed E-state index contributed by atoms with van der Waals surface area (Å²) in [6.07, 6.45) is -4.86. The lowest BCUT2D eigenvalue weighted by Crippen LogP contribution is -2.43. The zero-order chi connectivity index (χ0) is 21.1. The molecule has 0 saturated carbocycles. The smallest absolute Gasteiger partial charge is 0.379 e. The standard InChI is InChI=1S/C19H20ClF3N2O3S.ClH/c20-15-6-7-18(16(12-15)19(21,22)23)29(26,27)24-17(14-4-2-1-3-5-14)13-25-8-10-28-11-9-25;/h1-7,12,17,24H,8-11,13H2;1H. The molecule has 1 N–H and O–H groups in total. The third-order valence-electron chi connectivity index (χ3n) is 4.58. The van der Waals surface area contributed by atoms with Gasteiger partial charge in [-0.05, 0) is 23.8 Å². The number of nitrogens with one attached hydrogen (secondary N) is 1. The minimum atomic E-state index is -4.86. The van der Waals surface area contributed by atoms with Crippen LogP contribution in [0, 0.1) is 0 Å². The van der Waals surface area contributed by atoms with Gasteiger partial charge in [0.15, 0.2) is 0 Å². The van der Waals surface area contributed by atoms with Gasteiger partial charge in [0.25, 0.3) is 0 Å². The molecule has 1 fully saturated rings. The Morgan fingerprint density at radius 2 is 1.73 bits per heavy atom. The molecule has 1 atom stereocenters. The maximum Gasteiger partial charge on any atom is 0.417 e. The first-order chi connectivity index (χ1) is 13.7. The summed E-state index contributed by atoms with van der Waals surface area (Å²) in [4.78, 5) is 1.16. The minimum Gasteiger partial charge on any atom is -0.379 e. The molecule has 3 rings (SSSR count). The Morgan fingerprint density at radius 3 is 2.33 bits per heavy atom. The van der Waals surface area contributed by atoms with Gasteiger partial charge < -0.3 is 4.74 Å². The van der Waals surface area contributed by atoms with Crippen molar-refractivity contribution in [3.8, 4) is 0 Å². The van der Waals surface area contributed by atoms with Crippen LogP contribution in [0.3, 0.4) is 0 Å². The van der Waals surface area contributed by atoms with Gasteiger partial charge >= 0.3 is 6.18 Å². The summed E-state index contributed by atoms with van der Waals surface area (Å²) >= 11 is 5.67. The van der Waals surface area contributed by atoms with Gasteiger partial charge in [-0.25, -0.2) is 13.1 Å². The largest absolute Gasteiger partial charge is 0.417 e. The van der Waals surface area contributed by atoms with Crippen LogP contribution in [0.2, 0.25) is 5.02 Å². The van der Waals surface area contributed by atoms with Gasteiger partial charge in [-0.3, -0.25) is 4.90 Å². The average Bonchev–Trinajstić information content (AvgIpc) is 2.68. The highest BCUT2D eigenvalue weighted by Gasteiger charge is 2.38. The van der Waals surface area contributed by atoms with Crippen molar-refractivity contribution >= 4 is 34.0 Å². The second-order valence-corrected chi connectivity index (χ2v) is 8.75. The van der Waals surface area contributed by atoms with E-state index >= 15 is 0 Å². The van der Waals surface area contributed by atoms with Crippen molar-refractivity contribution in [1.29, 1.82) is 0 Å². The zero-order valence-electron chi connectivity index (χ0n) is 15.7. The maximum atomic E-state index is 13.4. The second-order valence-electron chi connectivity index (χ2n) is 6.64. The van der Waals surface area contributed by atoms with Crippen molar-refractivity contribution in [2.45, 2.75) is 17.1 Å². The highest BCUT2D eigenvalue weighted by atomic mass is 35.5. The summed E-state index contributed by atoms with van der Waals surface area (Å²) in [5, 5.41) is -0.191. The fraction of sp³-hybridized carbons (Fsp3) is 0.368. The number of morpholine rings is 1. The summed E-state index contributed by atoms with van der Waals surface area (Å²) in [7, 11) is -4.48. The van der Waals surface area contributed by atoms with E-state index in [1.165, 1.54) is 0 Å². The molecule has 11 heteroatoms. The van der Waals surface area contributed by atoms with Gasteiger partial charge in [0.05, 0.1) is 29.7 Å². The molecule has 1 aliphatic heterocycles. The number of hydrogen-bond donors (Lipinski definition) is 1. The van der Waals surface area contributed by atoms with E-state index in [0.717, 1.165) is 12.1 Å². The Hall–Kier alpha value is -1.36. The normalized spacial score (nSPS) is 16.7. The van der Waals surface area contributed by atoms with Gasteiger partial charge in [0.1, 0.15) is 0 Å². The first-order valence-corrected chi connectivity index (χ1v) is 10.8. The molecule has 0 radical (unpaired) electrons. The molecule has 1 unspecified atom stereocenters. The molecule has 0 amide bonds. The SMILES string of the molecule is Cl.O=S(=O)(NC(CN1CCOCC1)c1ccccc1)c1ccc(Cl)cc1C(F)(F)F. The molecule has 2 aromatic carbocycles. The second kappa shape index (κ2) is 10.3. The lowest BCUT2D eigenvalue weighted by molar-refractivity contribution is -0.139. The number of benzene rings is 2. The van der Waals surface area contributed by atoms with Crippen LogP contribution >= 0.6 is 24.0 Å². The Morgan fingerprint density at radius 1 is 1.10 bits per heavy atom. The summed E-state index contributed by atoms with van der Waals surface area (Å²) in [5.74, 6) is 0. The van der Waals surface area contributed by atoms with Crippen molar-refractivity contribution in [3.05, 3.63) is 64.7 Å². The van der Waals surface area contributed by atoms with E-state index in [0.29, 0.717) is 44.5 Å². The number of ether oxygens (including phenoxy) is 1. The van der Waals surface area contributed by atoms with Crippen LogP contribution in [0.25, 0.3) is 0 Å². The number of sulfonamides is 1. The number of alkyl halides is 3. The van der Waals surface area contributed by atoms with E-state index in [4.69, 9.17) is 16.3 Å². The predicted octanol–water partition coefficient (Wildman–Crippen LogP) is 4.13. The average molecular weight is 485 g/mol. The van der Waals surface area contributed by atoms with Crippen LogP contribution in [0.4, 0.5) is 13.2 Å². The third-order valence-corrected chi connectivity index (χ3v) is 6.35. The summed E-state index contributed by atoms with van der Waals surface area (Å²) in [6.45, 7) is 2.56. The van der Waals surface area contributed by atoms with Crippen LogP contribution in [-0.2, 0) is 20.9 Å². The topological polar surface area (TPSA) is 58.6 Å². The molecular weight excluding hydrogens is 464 g/mol. The molecule has 1 aliphatic rings. The Balaban J connectivity index is 0.00000320. The van der Waals surface area contributed by atoms with Gasteiger partial charge in [-0.15, -0.1) is 12.4 Å². The predicted molar refractivity (Wildman–Crippen MR) is 110 cm³/mol. The number of halogens is 5. The van der Waals surface area contributed by atoms with Crippen molar-refractivity contribution in [3.63, 3.8) is 0 Å². The van der Waals surface area contributed by atoms with Crippen LogP contribution in [0.1, 0.15) is 17.2 Å². The third kappa shape index (κ3) is 6.32. The van der Waals surface area contributed by atoms with Gasteiger partial charge in [0.2, 0.25) is 10.0 Å². The van der Waals surface area contributed by atoms with Crippen LogP contribution in [0.5, 0.6) is 0 Å². The lowest BCUT2D eigenvalue weighted by atomic mass is 10.1. The lowest BCUT2D eigenvalue weighted by Gasteiger charge is -2.31. The Kier molecular flexibility index (Phi) is 8.55. The molecular formula is C19H21Cl2F3N2O3S. The van der Waals surface area contributed by atoms with E-state index in [9.17, 15) is 21.6 Å².